The van der Waals surface area contributed by atoms with Gasteiger partial charge in [0.2, 0.25) is 5.91 Å². The molecule has 0 aliphatic carbocycles. The summed E-state index contributed by atoms with van der Waals surface area (Å²) in [6, 6.07) is 8.25. The highest BCUT2D eigenvalue weighted by molar-refractivity contribution is 7.13. The summed E-state index contributed by atoms with van der Waals surface area (Å²) in [5.41, 5.74) is 4.76. The van der Waals surface area contributed by atoms with E-state index in [2.05, 4.69) is 48.7 Å². The number of carbonyl (C=O) groups excluding carboxylic acids is 2. The van der Waals surface area contributed by atoms with Gasteiger partial charge in [-0.05, 0) is 61.8 Å². The molecule has 2 saturated heterocycles. The molecule has 0 spiro atoms. The Bertz CT molecular complexity index is 1240. The zero-order valence-electron chi connectivity index (χ0n) is 21.3. The summed E-state index contributed by atoms with van der Waals surface area (Å²) in [5, 5.41) is 4.10. The maximum Gasteiger partial charge on any atom is 0.257 e. The highest BCUT2D eigenvalue weighted by Crippen LogP contribution is 2.37. The number of aryl methyl sites for hydroxylation is 1. The Labute approximate surface area is 216 Å². The van der Waals surface area contributed by atoms with Crippen LogP contribution in [0.15, 0.2) is 30.5 Å². The zero-order valence-corrected chi connectivity index (χ0v) is 22.1. The van der Waals surface area contributed by atoms with Crippen LogP contribution >= 0.6 is 11.5 Å². The molecule has 1 aromatic carbocycles. The number of piperidine rings is 1. The zero-order chi connectivity index (χ0) is 25.2. The third-order valence-electron chi connectivity index (χ3n) is 7.37. The summed E-state index contributed by atoms with van der Waals surface area (Å²) in [6.07, 6.45) is 5.34. The van der Waals surface area contributed by atoms with Crippen molar-refractivity contribution in [2.24, 2.45) is 5.92 Å². The Hall–Kier alpha value is -3.20. The summed E-state index contributed by atoms with van der Waals surface area (Å²) >= 11 is 1.38. The first-order chi connectivity index (χ1) is 17.4. The van der Waals surface area contributed by atoms with E-state index < -0.39 is 0 Å². The number of carbonyl (C=O) groups is 2. The number of benzene rings is 1. The summed E-state index contributed by atoms with van der Waals surface area (Å²) < 4.78 is 4.52. The van der Waals surface area contributed by atoms with Crippen LogP contribution in [0.3, 0.4) is 0 Å². The molecule has 190 valence electrons. The molecule has 0 atom stereocenters. The van der Waals surface area contributed by atoms with Crippen molar-refractivity contribution in [3.05, 3.63) is 47.3 Å². The van der Waals surface area contributed by atoms with Gasteiger partial charge in [0.25, 0.3) is 5.91 Å². The van der Waals surface area contributed by atoms with Crippen LogP contribution in [-0.2, 0) is 11.3 Å². The first-order valence-corrected chi connectivity index (χ1v) is 13.5. The Morgan fingerprint density at radius 3 is 2.44 bits per heavy atom. The monoisotopic (exact) mass is 506 g/mol. The molecule has 2 fully saturated rings. The molecular formula is C27H34N6O2S. The van der Waals surface area contributed by atoms with Gasteiger partial charge < -0.3 is 20.0 Å². The lowest BCUT2D eigenvalue weighted by atomic mass is 9.94. The van der Waals surface area contributed by atoms with Crippen LogP contribution in [0.25, 0.3) is 10.2 Å². The van der Waals surface area contributed by atoms with Crippen molar-refractivity contribution in [3.63, 3.8) is 0 Å². The summed E-state index contributed by atoms with van der Waals surface area (Å²) in [4.78, 5) is 38.1. The summed E-state index contributed by atoms with van der Waals surface area (Å²) in [6.45, 7) is 5.58. The maximum absolute atomic E-state index is 13.4. The average Bonchev–Trinajstić information content (AvgIpc) is 3.57. The molecule has 0 saturated carbocycles. The molecule has 0 radical (unpaired) electrons. The molecule has 0 unspecified atom stereocenters. The lowest BCUT2D eigenvalue weighted by Crippen LogP contribution is -2.41. The van der Waals surface area contributed by atoms with Crippen LogP contribution in [0.1, 0.15) is 47.3 Å². The first-order valence-electron chi connectivity index (χ1n) is 12.8. The van der Waals surface area contributed by atoms with Crippen molar-refractivity contribution >= 4 is 44.9 Å². The largest absolute Gasteiger partial charge is 0.378 e. The van der Waals surface area contributed by atoms with Crippen LogP contribution in [-0.4, -0.2) is 66.3 Å². The number of nitrogens with zero attached hydrogens (tertiary/aromatic N) is 5. The molecule has 5 rings (SSSR count). The van der Waals surface area contributed by atoms with Gasteiger partial charge in [-0.25, -0.2) is 4.98 Å². The predicted molar refractivity (Wildman–Crippen MR) is 145 cm³/mol. The minimum atomic E-state index is -0.0287. The van der Waals surface area contributed by atoms with Gasteiger partial charge in [-0.2, -0.15) is 4.37 Å². The number of amides is 2. The van der Waals surface area contributed by atoms with Crippen molar-refractivity contribution in [2.75, 3.05) is 50.1 Å². The second-order valence-corrected chi connectivity index (χ2v) is 10.8. The Morgan fingerprint density at radius 1 is 1.08 bits per heavy atom. The molecule has 2 aliphatic rings. The number of hydrogen-bond acceptors (Lipinski definition) is 7. The van der Waals surface area contributed by atoms with Gasteiger partial charge in [0.15, 0.2) is 0 Å². The SMILES string of the molecule is Cc1nsc2ncc(C(=O)N3CCCC3)c(N3CCC(C(=O)NCc4ccc(N(C)C)cc4)CC3)c12. The highest BCUT2D eigenvalue weighted by Gasteiger charge is 2.31. The molecular weight excluding hydrogens is 472 g/mol. The van der Waals surface area contributed by atoms with Gasteiger partial charge in [-0.1, -0.05) is 12.1 Å². The van der Waals surface area contributed by atoms with E-state index in [-0.39, 0.29) is 17.7 Å². The molecule has 36 heavy (non-hydrogen) atoms. The number of rotatable bonds is 6. The van der Waals surface area contributed by atoms with Crippen LogP contribution in [0.5, 0.6) is 0 Å². The fourth-order valence-corrected chi connectivity index (χ4v) is 5.97. The number of nitrogens with one attached hydrogen (secondary N) is 1. The quantitative estimate of drug-likeness (QED) is 0.547. The van der Waals surface area contributed by atoms with Crippen LogP contribution in [0, 0.1) is 12.8 Å². The molecule has 2 aromatic heterocycles. The summed E-state index contributed by atoms with van der Waals surface area (Å²) in [7, 11) is 4.03. The van der Waals surface area contributed by atoms with Gasteiger partial charge in [0.05, 0.1) is 22.3 Å². The van der Waals surface area contributed by atoms with E-state index in [0.29, 0.717) is 12.1 Å². The van der Waals surface area contributed by atoms with Gasteiger partial charge in [-0.3, -0.25) is 9.59 Å². The van der Waals surface area contributed by atoms with Crippen LogP contribution < -0.4 is 15.1 Å². The second kappa shape index (κ2) is 10.4. The van der Waals surface area contributed by atoms with Gasteiger partial charge in [0.1, 0.15) is 4.83 Å². The Morgan fingerprint density at radius 2 is 1.78 bits per heavy atom. The number of fused-ring (bicyclic) bond motifs is 1. The second-order valence-electron chi connectivity index (χ2n) is 10.0. The van der Waals surface area contributed by atoms with Crippen LogP contribution in [0.4, 0.5) is 11.4 Å². The van der Waals surface area contributed by atoms with Crippen molar-refractivity contribution < 1.29 is 9.59 Å². The van der Waals surface area contributed by atoms with Crippen molar-refractivity contribution in [1.29, 1.82) is 0 Å². The van der Waals surface area contributed by atoms with Gasteiger partial charge >= 0.3 is 0 Å². The van der Waals surface area contributed by atoms with Crippen molar-refractivity contribution in [2.45, 2.75) is 39.2 Å². The van der Waals surface area contributed by atoms with E-state index in [1.165, 1.54) is 11.5 Å². The lowest BCUT2D eigenvalue weighted by Gasteiger charge is -2.35. The third-order valence-corrected chi connectivity index (χ3v) is 8.22. The van der Waals surface area contributed by atoms with E-state index in [9.17, 15) is 9.59 Å². The fourth-order valence-electron chi connectivity index (χ4n) is 5.22. The molecule has 1 N–H and O–H groups in total. The number of anilines is 2. The molecule has 2 aliphatic heterocycles. The summed E-state index contributed by atoms with van der Waals surface area (Å²) in [5.74, 6) is 0.134. The first kappa shape index (κ1) is 24.5. The van der Waals surface area contributed by atoms with Crippen molar-refractivity contribution in [3.8, 4) is 0 Å². The van der Waals surface area contributed by atoms with E-state index in [1.807, 2.05) is 25.9 Å². The minimum absolute atomic E-state index is 0.0287. The van der Waals surface area contributed by atoms with E-state index in [1.54, 1.807) is 6.20 Å². The predicted octanol–water partition coefficient (Wildman–Crippen LogP) is 3.83. The number of hydrogen-bond donors (Lipinski definition) is 1. The Balaban J connectivity index is 1.27. The van der Waals surface area contributed by atoms with E-state index in [0.717, 1.165) is 84.7 Å². The normalized spacial score (nSPS) is 16.5. The van der Waals surface area contributed by atoms with E-state index in [4.69, 9.17) is 0 Å². The number of aromatic nitrogens is 2. The molecule has 9 heteroatoms. The van der Waals surface area contributed by atoms with Gasteiger partial charge in [-0.15, -0.1) is 0 Å². The minimum Gasteiger partial charge on any atom is -0.378 e. The van der Waals surface area contributed by atoms with E-state index >= 15 is 0 Å². The fraction of sp³-hybridized carbons (Fsp3) is 0.481. The lowest BCUT2D eigenvalue weighted by molar-refractivity contribution is -0.125. The Kier molecular flexibility index (Phi) is 7.09. The van der Waals surface area contributed by atoms with Gasteiger partial charge in [0, 0.05) is 64.6 Å². The topological polar surface area (TPSA) is 81.7 Å². The number of likely N-dealkylation sites (tertiary alicyclic amines) is 1. The van der Waals surface area contributed by atoms with Crippen LogP contribution in [0.2, 0.25) is 0 Å². The smallest absolute Gasteiger partial charge is 0.257 e. The standard InChI is InChI=1S/C27H34N6O2S/c1-18-23-24(22(17-29-26(23)36-30-18)27(35)33-12-4-5-13-33)32-14-10-20(11-15-32)25(34)28-16-19-6-8-21(9-7-19)31(2)3/h6-9,17,20H,4-5,10-16H2,1-3H3,(H,28,34). The maximum atomic E-state index is 13.4. The third kappa shape index (κ3) is 4.89. The number of pyridine rings is 1. The van der Waals surface area contributed by atoms with Crippen molar-refractivity contribution in [1.82, 2.24) is 19.6 Å². The molecule has 2 amide bonds. The average molecular weight is 507 g/mol. The highest BCUT2D eigenvalue weighted by atomic mass is 32.1. The molecule has 0 bridgehead atoms. The molecule has 3 aromatic rings. The molecule has 8 nitrogen and oxygen atoms in total. The molecule has 4 heterocycles.